The van der Waals surface area contributed by atoms with E-state index in [0.29, 0.717) is 24.8 Å². The van der Waals surface area contributed by atoms with Crippen LogP contribution in [0.1, 0.15) is 57.4 Å². The number of carbonyl (C=O) groups is 2. The van der Waals surface area contributed by atoms with Crippen LogP contribution in [0, 0.1) is 11.8 Å². The molecule has 2 amide bonds. The second-order valence-corrected chi connectivity index (χ2v) is 10.5. The van der Waals surface area contributed by atoms with Crippen molar-refractivity contribution >= 4 is 17.6 Å². The lowest BCUT2D eigenvalue weighted by Crippen LogP contribution is -2.41. The number of hydrogen-bond acceptors (Lipinski definition) is 4. The molecule has 190 valence electrons. The van der Waals surface area contributed by atoms with Gasteiger partial charge in [-0.15, -0.1) is 0 Å². The summed E-state index contributed by atoms with van der Waals surface area (Å²) in [6, 6.07) is 8.29. The number of aliphatic imine (C=N–C) groups is 1. The van der Waals surface area contributed by atoms with E-state index in [-0.39, 0.29) is 11.8 Å². The molecule has 7 nitrogen and oxygen atoms in total. The Morgan fingerprint density at radius 1 is 1.08 bits per heavy atom. The lowest BCUT2D eigenvalue weighted by Gasteiger charge is -2.33. The third kappa shape index (κ3) is 5.61. The quantitative estimate of drug-likeness (QED) is 0.566. The molecule has 3 heterocycles. The summed E-state index contributed by atoms with van der Waals surface area (Å²) in [5, 5.41) is 4.27. The molecule has 1 aliphatic carbocycles. The van der Waals surface area contributed by atoms with Gasteiger partial charge in [0.2, 0.25) is 11.8 Å². The molecule has 1 saturated heterocycles. The number of amidine groups is 1. The summed E-state index contributed by atoms with van der Waals surface area (Å²) in [4.78, 5) is 34.4. The number of amides is 2. The first-order valence-electron chi connectivity index (χ1n) is 13.4. The van der Waals surface area contributed by atoms with E-state index in [1.165, 1.54) is 5.57 Å². The van der Waals surface area contributed by atoms with E-state index in [1.807, 2.05) is 24.3 Å². The molecule has 1 aromatic heterocycles. The summed E-state index contributed by atoms with van der Waals surface area (Å²) in [6.45, 7) is 5.23. The highest BCUT2D eigenvalue weighted by Gasteiger charge is 2.35. The number of aryl methyl sites for hydroxylation is 1. The van der Waals surface area contributed by atoms with Crippen molar-refractivity contribution in [2.75, 3.05) is 26.2 Å². The van der Waals surface area contributed by atoms with Gasteiger partial charge in [-0.1, -0.05) is 42.8 Å². The molecular formula is C29H37N5O2. The Morgan fingerprint density at radius 2 is 1.86 bits per heavy atom. The van der Waals surface area contributed by atoms with Gasteiger partial charge in [-0.05, 0) is 50.0 Å². The average Bonchev–Trinajstić information content (AvgIpc) is 3.64. The molecule has 0 N–H and O–H groups in total. The van der Waals surface area contributed by atoms with Gasteiger partial charge in [0.25, 0.3) is 0 Å². The van der Waals surface area contributed by atoms with Crippen LogP contribution < -0.4 is 0 Å². The van der Waals surface area contributed by atoms with Crippen molar-refractivity contribution in [2.45, 2.75) is 51.9 Å². The molecule has 2 aromatic rings. The third-order valence-electron chi connectivity index (χ3n) is 7.59. The van der Waals surface area contributed by atoms with Crippen molar-refractivity contribution in [3.8, 4) is 11.1 Å². The number of benzene rings is 1. The maximum atomic E-state index is 13.1. The summed E-state index contributed by atoms with van der Waals surface area (Å²) in [6.07, 6.45) is 12.4. The van der Waals surface area contributed by atoms with Crippen LogP contribution in [0.3, 0.4) is 0 Å². The second kappa shape index (κ2) is 10.8. The van der Waals surface area contributed by atoms with Crippen molar-refractivity contribution in [1.29, 1.82) is 0 Å². The Hall–Kier alpha value is -3.22. The van der Waals surface area contributed by atoms with Gasteiger partial charge in [-0.25, -0.2) is 0 Å². The highest BCUT2D eigenvalue weighted by molar-refractivity contribution is 6.08. The molecule has 2 fully saturated rings. The molecule has 1 saturated carbocycles. The van der Waals surface area contributed by atoms with Crippen molar-refractivity contribution < 1.29 is 9.59 Å². The number of hydrogen-bond donors (Lipinski definition) is 0. The molecule has 0 spiro atoms. The number of aromatic nitrogens is 2. The van der Waals surface area contributed by atoms with Crippen LogP contribution in [0.5, 0.6) is 0 Å². The van der Waals surface area contributed by atoms with Crippen LogP contribution in [0.2, 0.25) is 0 Å². The molecule has 7 heteroatoms. The fraction of sp³-hybridized carbons (Fsp3) is 0.517. The molecule has 1 unspecified atom stereocenters. The van der Waals surface area contributed by atoms with E-state index in [9.17, 15) is 9.59 Å². The number of nitrogens with zero attached hydrogens (tertiary/aromatic N) is 5. The largest absolute Gasteiger partial charge is 0.342 e. The predicted molar refractivity (Wildman–Crippen MR) is 141 cm³/mol. The van der Waals surface area contributed by atoms with Crippen molar-refractivity contribution in [1.82, 2.24) is 19.6 Å². The summed E-state index contributed by atoms with van der Waals surface area (Å²) in [5.74, 6) is 1.95. The molecule has 3 aliphatic rings. The van der Waals surface area contributed by atoms with Crippen LogP contribution in [-0.2, 0) is 16.6 Å². The number of likely N-dealkylation sites (tertiary alicyclic amines) is 1. The lowest BCUT2D eigenvalue weighted by molar-refractivity contribution is -0.133. The minimum absolute atomic E-state index is 0.154. The van der Waals surface area contributed by atoms with E-state index < -0.39 is 0 Å². The van der Waals surface area contributed by atoms with E-state index in [1.54, 1.807) is 4.68 Å². The van der Waals surface area contributed by atoms with E-state index >= 15 is 0 Å². The number of rotatable bonds is 6. The van der Waals surface area contributed by atoms with Gasteiger partial charge in [-0.2, -0.15) is 5.10 Å². The minimum Gasteiger partial charge on any atom is -0.342 e. The van der Waals surface area contributed by atoms with Gasteiger partial charge < -0.3 is 4.90 Å². The molecule has 1 atom stereocenters. The zero-order chi connectivity index (χ0) is 25.1. The first-order valence-corrected chi connectivity index (χ1v) is 13.4. The standard InChI is InChI=1S/C29H37N5O2/c1-21-19-33(29(36)25-12-13-25)17-14-22(21)6-5-16-34-27(35)7-3-4-15-30-28(34)24-10-8-23(9-11-24)26-18-31-32(2)20-26/h6,8-11,18,20-21,25H,3-5,7,12-17,19H2,1-2H3/b22-6+,30-28?. The monoisotopic (exact) mass is 487 g/mol. The SMILES string of the molecule is CC1CN(C(=O)C2CC2)CC/C1=C\CCN1C(=O)CCCCN=C1c1ccc(-c2cnn(C)c2)cc1. The fourth-order valence-electron chi connectivity index (χ4n) is 5.29. The van der Waals surface area contributed by atoms with Gasteiger partial charge in [0.05, 0.1) is 6.20 Å². The van der Waals surface area contributed by atoms with Crippen molar-refractivity contribution in [2.24, 2.45) is 23.9 Å². The second-order valence-electron chi connectivity index (χ2n) is 10.5. The highest BCUT2D eigenvalue weighted by atomic mass is 16.2. The topological polar surface area (TPSA) is 70.8 Å². The molecular weight excluding hydrogens is 450 g/mol. The Labute approximate surface area is 213 Å². The third-order valence-corrected chi connectivity index (χ3v) is 7.59. The molecule has 0 radical (unpaired) electrons. The lowest BCUT2D eigenvalue weighted by atomic mass is 9.92. The Balaban J connectivity index is 1.27. The smallest absolute Gasteiger partial charge is 0.228 e. The van der Waals surface area contributed by atoms with E-state index in [2.05, 4.69) is 47.3 Å². The molecule has 1 aromatic carbocycles. The first kappa shape index (κ1) is 24.5. The molecule has 5 rings (SSSR count). The minimum atomic E-state index is 0.154. The number of carbonyl (C=O) groups excluding carboxylic acids is 2. The van der Waals surface area contributed by atoms with Gasteiger partial charge >= 0.3 is 0 Å². The van der Waals surface area contributed by atoms with Gasteiger partial charge in [0, 0.05) is 62.9 Å². The Bertz CT molecular complexity index is 1160. The zero-order valence-electron chi connectivity index (χ0n) is 21.5. The van der Waals surface area contributed by atoms with Crippen LogP contribution in [0.15, 0.2) is 53.3 Å². The first-order chi connectivity index (χ1) is 17.5. The van der Waals surface area contributed by atoms with Crippen LogP contribution in [0.25, 0.3) is 11.1 Å². The number of piperidine rings is 1. The van der Waals surface area contributed by atoms with Crippen LogP contribution in [0.4, 0.5) is 0 Å². The molecule has 0 bridgehead atoms. The van der Waals surface area contributed by atoms with Gasteiger partial charge in [0.1, 0.15) is 5.84 Å². The van der Waals surface area contributed by atoms with E-state index in [4.69, 9.17) is 4.99 Å². The summed E-state index contributed by atoms with van der Waals surface area (Å²) in [5.41, 5.74) is 4.56. The van der Waals surface area contributed by atoms with E-state index in [0.717, 1.165) is 80.7 Å². The average molecular weight is 488 g/mol. The Morgan fingerprint density at radius 3 is 2.56 bits per heavy atom. The Kier molecular flexibility index (Phi) is 7.35. The fourth-order valence-corrected chi connectivity index (χ4v) is 5.29. The van der Waals surface area contributed by atoms with Crippen molar-refractivity contribution in [3.63, 3.8) is 0 Å². The molecule has 2 aliphatic heterocycles. The maximum absolute atomic E-state index is 13.1. The normalized spacial score (nSPS) is 22.4. The van der Waals surface area contributed by atoms with Crippen LogP contribution >= 0.6 is 0 Å². The van der Waals surface area contributed by atoms with Gasteiger partial charge in [0.15, 0.2) is 0 Å². The van der Waals surface area contributed by atoms with Crippen molar-refractivity contribution in [3.05, 3.63) is 53.9 Å². The molecule has 36 heavy (non-hydrogen) atoms. The van der Waals surface area contributed by atoms with Crippen LogP contribution in [-0.4, -0.2) is 63.4 Å². The summed E-state index contributed by atoms with van der Waals surface area (Å²) in [7, 11) is 1.91. The zero-order valence-corrected chi connectivity index (χ0v) is 21.5. The summed E-state index contributed by atoms with van der Waals surface area (Å²) >= 11 is 0. The van der Waals surface area contributed by atoms with Gasteiger partial charge in [-0.3, -0.25) is 24.2 Å². The maximum Gasteiger partial charge on any atom is 0.228 e. The predicted octanol–water partition coefficient (Wildman–Crippen LogP) is 4.44. The highest BCUT2D eigenvalue weighted by Crippen LogP contribution is 2.33. The summed E-state index contributed by atoms with van der Waals surface area (Å²) < 4.78 is 1.80.